The summed E-state index contributed by atoms with van der Waals surface area (Å²) < 4.78 is 2.84. The fourth-order valence-electron chi connectivity index (χ4n) is 5.29. The number of quaternary nitrogens is 2. The molecule has 40 heavy (non-hydrogen) atoms. The van der Waals surface area contributed by atoms with Gasteiger partial charge in [-0.3, -0.25) is 0 Å². The van der Waals surface area contributed by atoms with Crippen LogP contribution in [0.25, 0.3) is 0 Å². The number of hydrogen-bond acceptors (Lipinski definition) is 1. The van der Waals surface area contributed by atoms with Crippen LogP contribution in [0.15, 0.2) is 0 Å². The maximum Gasteiger partial charge on any atom is 0.0786 e. The van der Waals surface area contributed by atoms with E-state index in [1.807, 2.05) is 0 Å². The van der Waals surface area contributed by atoms with Gasteiger partial charge in [0.25, 0.3) is 0 Å². The van der Waals surface area contributed by atoms with Crippen molar-refractivity contribution < 1.29 is 18.8 Å². The van der Waals surface area contributed by atoms with Gasteiger partial charge in [0.2, 0.25) is 0 Å². The summed E-state index contributed by atoms with van der Waals surface area (Å²) in [6.45, 7) is 34.9. The van der Waals surface area contributed by atoms with E-state index in [4.69, 9.17) is 0 Å². The summed E-state index contributed by atoms with van der Waals surface area (Å²) in [5.74, 6) is 0. The fraction of sp³-hybridized carbons (Fsp3) is 1.00. The highest BCUT2D eigenvalue weighted by atomic mass is 19.0. The quantitative estimate of drug-likeness (QED) is 0.112. The average Bonchev–Trinajstić information content (AvgIpc) is 2.91. The van der Waals surface area contributed by atoms with Crippen molar-refractivity contribution in [2.75, 3.05) is 52.4 Å². The molecule has 0 aromatic rings. The molecule has 0 aliphatic heterocycles. The van der Waals surface area contributed by atoms with Gasteiger partial charge in [-0.1, -0.05) is 128 Å². The van der Waals surface area contributed by atoms with Crippen LogP contribution in [0, 0.1) is 0 Å². The standard InChI is InChI=1S/2C16H36N.C4H9O.FH/c2*1-5-9-13-17(14-10-6-2,15-11-7-3)16-12-8-4;1-4(2,3)5;/h2*5-16H2,1-4H3;1-3H3;1H/q2*+1;-1;/p-1. The van der Waals surface area contributed by atoms with Crippen LogP contribution < -0.4 is 9.81 Å². The summed E-state index contributed by atoms with van der Waals surface area (Å²) in [6.07, 6.45) is 22.1. The molecule has 0 amide bonds. The predicted molar refractivity (Wildman–Crippen MR) is 178 cm³/mol. The molecule has 248 valence electrons. The third-order valence-electron chi connectivity index (χ3n) is 7.89. The molecule has 0 aromatic heterocycles. The van der Waals surface area contributed by atoms with E-state index in [-0.39, 0.29) is 4.70 Å². The molecule has 0 saturated heterocycles. The van der Waals surface area contributed by atoms with Crippen LogP contribution in [0.3, 0.4) is 0 Å². The second kappa shape index (κ2) is 31.7. The average molecular weight is 577 g/mol. The fourth-order valence-corrected chi connectivity index (χ4v) is 5.29. The van der Waals surface area contributed by atoms with Gasteiger partial charge in [0.15, 0.2) is 0 Å². The first-order chi connectivity index (χ1) is 18.5. The molecule has 0 heterocycles. The summed E-state index contributed by atoms with van der Waals surface area (Å²) >= 11 is 0. The number of hydrogen-bond donors (Lipinski definition) is 0. The third-order valence-corrected chi connectivity index (χ3v) is 7.89. The van der Waals surface area contributed by atoms with E-state index in [1.165, 1.54) is 164 Å². The van der Waals surface area contributed by atoms with E-state index in [0.29, 0.717) is 0 Å². The Labute approximate surface area is 255 Å². The normalized spacial score (nSPS) is 11.7. The van der Waals surface area contributed by atoms with Crippen molar-refractivity contribution in [2.24, 2.45) is 0 Å². The molecule has 0 unspecified atom stereocenters. The number of unbranched alkanes of at least 4 members (excludes halogenated alkanes) is 8. The summed E-state index contributed by atoms with van der Waals surface area (Å²) in [5.41, 5.74) is -0.750. The van der Waals surface area contributed by atoms with E-state index in [9.17, 15) is 5.11 Å². The van der Waals surface area contributed by atoms with Gasteiger partial charge in [0.05, 0.1) is 52.4 Å². The van der Waals surface area contributed by atoms with E-state index >= 15 is 0 Å². The predicted octanol–water partition coefficient (Wildman–Crippen LogP) is 7.16. The molecule has 4 heteroatoms. The highest BCUT2D eigenvalue weighted by Gasteiger charge is 2.25. The monoisotopic (exact) mass is 577 g/mol. The smallest absolute Gasteiger partial charge is 0.0786 e. The lowest BCUT2D eigenvalue weighted by Crippen LogP contribution is -3.00. The molecule has 0 aromatic carbocycles. The van der Waals surface area contributed by atoms with E-state index in [0.717, 1.165) is 0 Å². The molecule has 0 rings (SSSR count). The SMILES string of the molecule is CC(C)(C)[O-].CCCC[N+](CCCC)(CCCC)CCCC.CCCC[N+](CCCC)(CCCC)CCCC.[F-]. The Morgan fingerprint density at radius 3 is 0.525 bits per heavy atom. The van der Waals surface area contributed by atoms with Crippen LogP contribution in [0.4, 0.5) is 0 Å². The van der Waals surface area contributed by atoms with Crippen molar-refractivity contribution in [3.8, 4) is 0 Å². The van der Waals surface area contributed by atoms with Crippen LogP contribution in [-0.4, -0.2) is 66.9 Å². The topological polar surface area (TPSA) is 23.1 Å². The Balaban J connectivity index is -0.000000271. The van der Waals surface area contributed by atoms with Crippen LogP contribution >= 0.6 is 0 Å². The minimum absolute atomic E-state index is 0. The summed E-state index contributed by atoms with van der Waals surface area (Å²) in [5, 5.41) is 10.1. The van der Waals surface area contributed by atoms with Crippen LogP contribution in [0.2, 0.25) is 0 Å². The minimum Gasteiger partial charge on any atom is -1.00 e. The summed E-state index contributed by atoms with van der Waals surface area (Å²) in [7, 11) is 0. The highest BCUT2D eigenvalue weighted by molar-refractivity contribution is 4.51. The van der Waals surface area contributed by atoms with Crippen molar-refractivity contribution in [2.45, 2.75) is 184 Å². The molecule has 0 fully saturated rings. The lowest BCUT2D eigenvalue weighted by atomic mass is 10.1. The van der Waals surface area contributed by atoms with Gasteiger partial charge in [-0.2, -0.15) is 0 Å². The second-order valence-electron chi connectivity index (χ2n) is 13.4. The van der Waals surface area contributed by atoms with Crippen LogP contribution in [-0.2, 0) is 0 Å². The first-order valence-electron chi connectivity index (χ1n) is 17.9. The Morgan fingerprint density at radius 2 is 0.450 bits per heavy atom. The molecule has 0 radical (unpaired) electrons. The highest BCUT2D eigenvalue weighted by Crippen LogP contribution is 2.17. The van der Waals surface area contributed by atoms with Gasteiger partial charge in [-0.05, 0) is 51.4 Å². The molecule has 0 atom stereocenters. The van der Waals surface area contributed by atoms with Crippen molar-refractivity contribution in [1.29, 1.82) is 0 Å². The molecule has 0 aliphatic rings. The molecule has 0 aliphatic carbocycles. The zero-order chi connectivity index (χ0) is 30.5. The molecular weight excluding hydrogens is 495 g/mol. The van der Waals surface area contributed by atoms with Gasteiger partial charge >= 0.3 is 0 Å². The van der Waals surface area contributed by atoms with Gasteiger partial charge in [-0.25, -0.2) is 0 Å². The number of halogens is 1. The molecule has 0 bridgehead atoms. The first-order valence-corrected chi connectivity index (χ1v) is 17.9. The first kappa shape index (κ1) is 46.8. The lowest BCUT2D eigenvalue weighted by Gasteiger charge is -2.39. The largest absolute Gasteiger partial charge is 1.00 e. The number of rotatable bonds is 24. The van der Waals surface area contributed by atoms with Crippen molar-refractivity contribution in [1.82, 2.24) is 0 Å². The lowest BCUT2D eigenvalue weighted by molar-refractivity contribution is -0.929. The molecule has 3 nitrogen and oxygen atoms in total. The zero-order valence-electron chi connectivity index (χ0n) is 30.2. The molecule has 0 saturated carbocycles. The van der Waals surface area contributed by atoms with Crippen molar-refractivity contribution >= 4 is 0 Å². The maximum atomic E-state index is 10.1. The van der Waals surface area contributed by atoms with Gasteiger partial charge < -0.3 is 18.8 Å². The summed E-state index contributed by atoms with van der Waals surface area (Å²) in [4.78, 5) is 0. The van der Waals surface area contributed by atoms with Crippen LogP contribution in [0.5, 0.6) is 0 Å². The van der Waals surface area contributed by atoms with Crippen molar-refractivity contribution in [3.63, 3.8) is 0 Å². The zero-order valence-corrected chi connectivity index (χ0v) is 30.2. The Kier molecular flexibility index (Phi) is 37.1. The van der Waals surface area contributed by atoms with Crippen LogP contribution in [0.1, 0.15) is 179 Å². The molecule has 0 N–H and O–H groups in total. The van der Waals surface area contributed by atoms with E-state index in [1.54, 1.807) is 20.8 Å². The Morgan fingerprint density at radius 1 is 0.350 bits per heavy atom. The maximum absolute atomic E-state index is 10.1. The second-order valence-corrected chi connectivity index (χ2v) is 13.4. The molecular formula is C36H81FN2O. The number of nitrogens with zero attached hydrogens (tertiary/aromatic N) is 2. The third kappa shape index (κ3) is 32.3. The minimum atomic E-state index is -0.750. The molecule has 0 spiro atoms. The van der Waals surface area contributed by atoms with Crippen molar-refractivity contribution in [3.05, 3.63) is 0 Å². The Bertz CT molecular complexity index is 347. The van der Waals surface area contributed by atoms with Gasteiger partial charge in [-0.15, -0.1) is 5.60 Å². The summed E-state index contributed by atoms with van der Waals surface area (Å²) in [6, 6.07) is 0. The van der Waals surface area contributed by atoms with E-state index < -0.39 is 5.60 Å². The Hall–Kier alpha value is -0.190. The van der Waals surface area contributed by atoms with Gasteiger partial charge in [0, 0.05) is 0 Å². The van der Waals surface area contributed by atoms with E-state index in [2.05, 4.69) is 55.4 Å². The van der Waals surface area contributed by atoms with Gasteiger partial charge in [0.1, 0.15) is 0 Å².